The normalized spacial score (nSPS) is 12.9. The molecule has 0 radical (unpaired) electrons. The van der Waals surface area contributed by atoms with Crippen molar-refractivity contribution in [3.05, 3.63) is 122 Å². The van der Waals surface area contributed by atoms with Crippen LogP contribution in [0.25, 0.3) is 0 Å². The first-order chi connectivity index (χ1) is 40.0. The maximum atomic E-state index is 12.9. The molecule has 0 aromatic rings. The highest BCUT2D eigenvalue weighted by Crippen LogP contribution is 2.16. The Morgan fingerprint density at radius 2 is 0.494 bits per heavy atom. The number of carbonyl (C=O) groups is 3. The van der Waals surface area contributed by atoms with E-state index in [1.807, 2.05) is 0 Å². The molecule has 0 bridgehead atoms. The fourth-order valence-electron chi connectivity index (χ4n) is 9.34. The Hall–Kier alpha value is -4.19. The molecule has 0 saturated carbocycles. The van der Waals surface area contributed by atoms with Crippen LogP contribution in [-0.2, 0) is 28.6 Å². The highest BCUT2D eigenvalue weighted by Gasteiger charge is 2.19. The first-order valence-electron chi connectivity index (χ1n) is 34.0. The Bertz CT molecular complexity index is 1670. The van der Waals surface area contributed by atoms with Gasteiger partial charge < -0.3 is 14.2 Å². The van der Waals surface area contributed by atoms with Crippen molar-refractivity contribution < 1.29 is 28.6 Å². The zero-order chi connectivity index (χ0) is 58.5. The highest BCUT2D eigenvalue weighted by atomic mass is 16.6. The lowest BCUT2D eigenvalue weighted by molar-refractivity contribution is -0.167. The summed E-state index contributed by atoms with van der Waals surface area (Å²) in [7, 11) is 0. The molecule has 0 fully saturated rings. The maximum Gasteiger partial charge on any atom is 0.306 e. The SMILES string of the molecule is CC/C=C\C/C=C\C/C=C\C/C=C\C/C=C\C/C=C\C/C=C\CCCC(=O)OC(COC(=O)CCCCCCC/C=C\CCCCCC)COC(=O)CCCCCCCCCCCCCCCCC/C=C\C/C=C\CCCCCCC. The van der Waals surface area contributed by atoms with Crippen molar-refractivity contribution in [1.29, 1.82) is 0 Å². The topological polar surface area (TPSA) is 78.9 Å². The van der Waals surface area contributed by atoms with Crippen molar-refractivity contribution in [3.63, 3.8) is 0 Å². The summed E-state index contributed by atoms with van der Waals surface area (Å²) in [5, 5.41) is 0. The minimum atomic E-state index is -0.816. The Kier molecular flexibility index (Phi) is 64.8. The second-order valence-electron chi connectivity index (χ2n) is 22.3. The molecule has 0 spiro atoms. The number of allylic oxidation sites excluding steroid dienone is 20. The number of hydrogen-bond acceptors (Lipinski definition) is 6. The van der Waals surface area contributed by atoms with Crippen molar-refractivity contribution >= 4 is 17.9 Å². The number of rotatable bonds is 61. The number of hydrogen-bond donors (Lipinski definition) is 0. The molecule has 0 rings (SSSR count). The smallest absolute Gasteiger partial charge is 0.306 e. The summed E-state index contributed by atoms with van der Waals surface area (Å²) >= 11 is 0. The zero-order valence-corrected chi connectivity index (χ0v) is 53.0. The van der Waals surface area contributed by atoms with Crippen LogP contribution in [0.3, 0.4) is 0 Å². The number of carbonyl (C=O) groups excluding carboxylic acids is 3. The zero-order valence-electron chi connectivity index (χ0n) is 53.0. The van der Waals surface area contributed by atoms with Crippen molar-refractivity contribution in [2.75, 3.05) is 13.2 Å². The third-order valence-electron chi connectivity index (χ3n) is 14.4. The van der Waals surface area contributed by atoms with Gasteiger partial charge in [0.1, 0.15) is 13.2 Å². The van der Waals surface area contributed by atoms with Crippen LogP contribution in [0, 0.1) is 0 Å². The predicted molar refractivity (Wildman–Crippen MR) is 353 cm³/mol. The first-order valence-corrected chi connectivity index (χ1v) is 34.0. The van der Waals surface area contributed by atoms with E-state index in [-0.39, 0.29) is 37.5 Å². The molecule has 81 heavy (non-hydrogen) atoms. The van der Waals surface area contributed by atoms with Crippen molar-refractivity contribution in [2.45, 2.75) is 322 Å². The fraction of sp³-hybridized carbons (Fsp3) is 0.693. The molecule has 0 saturated heterocycles. The summed E-state index contributed by atoms with van der Waals surface area (Å²) in [6, 6.07) is 0. The van der Waals surface area contributed by atoms with Crippen molar-refractivity contribution in [2.24, 2.45) is 0 Å². The molecule has 0 aromatic carbocycles. The molecule has 1 atom stereocenters. The van der Waals surface area contributed by atoms with Crippen LogP contribution in [0.4, 0.5) is 0 Å². The minimum absolute atomic E-state index is 0.105. The van der Waals surface area contributed by atoms with Gasteiger partial charge in [-0.3, -0.25) is 14.4 Å². The summed E-state index contributed by atoms with van der Waals surface area (Å²) in [4.78, 5) is 38.3. The predicted octanol–water partition coefficient (Wildman–Crippen LogP) is 23.6. The van der Waals surface area contributed by atoms with Gasteiger partial charge in [-0.25, -0.2) is 0 Å². The van der Waals surface area contributed by atoms with E-state index >= 15 is 0 Å². The van der Waals surface area contributed by atoms with Crippen LogP contribution in [0.2, 0.25) is 0 Å². The molecule has 0 aromatic heterocycles. The van der Waals surface area contributed by atoms with E-state index in [1.54, 1.807) is 0 Å². The van der Waals surface area contributed by atoms with Crippen molar-refractivity contribution in [3.8, 4) is 0 Å². The molecule has 0 aliphatic carbocycles. The summed E-state index contributed by atoms with van der Waals surface area (Å²) in [6.07, 6.45) is 95.1. The van der Waals surface area contributed by atoms with Gasteiger partial charge in [0.2, 0.25) is 0 Å². The lowest BCUT2D eigenvalue weighted by atomic mass is 10.0. The standard InChI is InChI=1S/C75H126O6/c1-4-7-10-13-16-19-22-25-27-29-31-33-35-36-37-38-40-41-43-45-47-50-53-56-59-62-65-68-74(77)80-71-72(70-79-73(76)67-64-61-58-55-52-49-24-21-18-15-12-9-6-3)81-75(78)69-66-63-60-57-54-51-48-46-44-42-39-34-32-30-28-26-23-20-17-14-11-8-5-2/h8,11,17,20-22,24-26,28-29,31-32,34,42,44,48,51,57,60,72H,4-7,9-10,12-16,18-19,23,27,30,33,35-41,43,45-47,49-50,52-56,58-59,61-71H2,1-3H3/b11-8-,20-17-,24-21-,25-22-,28-26-,31-29-,34-32-,44-42-,51-48-,60-57-. The number of ether oxygens (including phenoxy) is 3. The van der Waals surface area contributed by atoms with Gasteiger partial charge >= 0.3 is 17.9 Å². The van der Waals surface area contributed by atoms with E-state index in [0.717, 1.165) is 109 Å². The molecule has 0 aliphatic heterocycles. The summed E-state index contributed by atoms with van der Waals surface area (Å²) in [5.74, 6) is -0.967. The lowest BCUT2D eigenvalue weighted by Crippen LogP contribution is -2.30. The van der Waals surface area contributed by atoms with E-state index in [1.165, 1.54) is 161 Å². The van der Waals surface area contributed by atoms with E-state index in [2.05, 4.69) is 142 Å². The quantitative estimate of drug-likeness (QED) is 0.0261. The van der Waals surface area contributed by atoms with Crippen LogP contribution in [0.5, 0.6) is 0 Å². The lowest BCUT2D eigenvalue weighted by Gasteiger charge is -2.18. The Balaban J connectivity index is 4.38. The average Bonchev–Trinajstić information content (AvgIpc) is 3.46. The molecule has 0 N–H and O–H groups in total. The molecule has 6 heteroatoms. The average molecular weight is 1120 g/mol. The monoisotopic (exact) mass is 1120 g/mol. The van der Waals surface area contributed by atoms with Crippen LogP contribution in [-0.4, -0.2) is 37.2 Å². The molecule has 462 valence electrons. The molecule has 0 amide bonds. The first kappa shape index (κ1) is 76.8. The summed E-state index contributed by atoms with van der Waals surface area (Å²) < 4.78 is 16.9. The summed E-state index contributed by atoms with van der Waals surface area (Å²) in [6.45, 7) is 6.47. The molecular weight excluding hydrogens is 997 g/mol. The number of unbranched alkanes of at least 4 members (excludes halogenated alkanes) is 30. The maximum absolute atomic E-state index is 12.9. The van der Waals surface area contributed by atoms with Gasteiger partial charge in [0, 0.05) is 19.3 Å². The van der Waals surface area contributed by atoms with E-state index in [0.29, 0.717) is 19.3 Å². The molecule has 0 aliphatic rings. The molecule has 1 unspecified atom stereocenters. The van der Waals surface area contributed by atoms with Gasteiger partial charge in [-0.05, 0) is 128 Å². The molecule has 0 heterocycles. The van der Waals surface area contributed by atoms with E-state index in [9.17, 15) is 14.4 Å². The van der Waals surface area contributed by atoms with Crippen LogP contribution >= 0.6 is 0 Å². The second-order valence-corrected chi connectivity index (χ2v) is 22.3. The van der Waals surface area contributed by atoms with Crippen LogP contribution in [0.1, 0.15) is 316 Å². The van der Waals surface area contributed by atoms with Crippen molar-refractivity contribution in [1.82, 2.24) is 0 Å². The van der Waals surface area contributed by atoms with Gasteiger partial charge in [-0.1, -0.05) is 290 Å². The Morgan fingerprint density at radius 3 is 0.815 bits per heavy atom. The fourth-order valence-corrected chi connectivity index (χ4v) is 9.34. The Labute approximate surface area is 501 Å². The van der Waals surface area contributed by atoms with Gasteiger partial charge in [0.25, 0.3) is 0 Å². The third kappa shape index (κ3) is 66.5. The number of esters is 3. The van der Waals surface area contributed by atoms with Gasteiger partial charge in [0.05, 0.1) is 0 Å². The van der Waals surface area contributed by atoms with Crippen LogP contribution < -0.4 is 0 Å². The van der Waals surface area contributed by atoms with Crippen LogP contribution in [0.15, 0.2) is 122 Å². The third-order valence-corrected chi connectivity index (χ3v) is 14.4. The molecule has 6 nitrogen and oxygen atoms in total. The Morgan fingerprint density at radius 1 is 0.259 bits per heavy atom. The van der Waals surface area contributed by atoms with Gasteiger partial charge in [0.15, 0.2) is 6.10 Å². The van der Waals surface area contributed by atoms with E-state index < -0.39 is 6.10 Å². The summed E-state index contributed by atoms with van der Waals surface area (Å²) in [5.41, 5.74) is 0. The molecular formula is C75H126O6. The van der Waals surface area contributed by atoms with Gasteiger partial charge in [-0.2, -0.15) is 0 Å². The minimum Gasteiger partial charge on any atom is -0.462 e. The largest absolute Gasteiger partial charge is 0.462 e. The van der Waals surface area contributed by atoms with E-state index in [4.69, 9.17) is 14.2 Å². The second kappa shape index (κ2) is 68.3. The highest BCUT2D eigenvalue weighted by molar-refractivity contribution is 5.71. The van der Waals surface area contributed by atoms with Gasteiger partial charge in [-0.15, -0.1) is 0 Å².